The maximum atomic E-state index is 12.1. The molecule has 1 aliphatic rings. The highest BCUT2D eigenvalue weighted by Crippen LogP contribution is 2.18. The van der Waals surface area contributed by atoms with Crippen LogP contribution in [0.25, 0.3) is 0 Å². The summed E-state index contributed by atoms with van der Waals surface area (Å²) in [6, 6.07) is 3.95. The molecule has 1 aromatic heterocycles. The topological polar surface area (TPSA) is 29.5 Å². The van der Waals surface area contributed by atoms with E-state index in [1.165, 1.54) is 4.88 Å². The Morgan fingerprint density at radius 1 is 1.44 bits per heavy atom. The highest BCUT2D eigenvalue weighted by atomic mass is 32.1. The van der Waals surface area contributed by atoms with E-state index in [1.54, 1.807) is 11.3 Å². The van der Waals surface area contributed by atoms with Gasteiger partial charge in [0, 0.05) is 24.6 Å². The van der Waals surface area contributed by atoms with Gasteiger partial charge in [-0.3, -0.25) is 9.69 Å². The lowest BCUT2D eigenvalue weighted by Crippen LogP contribution is -2.39. The fraction of sp³-hybridized carbons (Fsp3) is 0.643. The molecule has 0 radical (unpaired) electrons. The normalized spacial score (nSPS) is 18.1. The molecule has 0 bridgehead atoms. The monoisotopic (exact) mass is 267 g/mol. The second-order valence-electron chi connectivity index (χ2n) is 4.76. The van der Waals surface area contributed by atoms with Crippen molar-refractivity contribution in [3.05, 3.63) is 21.9 Å². The van der Waals surface area contributed by atoms with Gasteiger partial charge in [0.2, 0.25) is 0 Å². The number of thiophene rings is 1. The molecule has 1 saturated heterocycles. The molecule has 100 valence electrons. The van der Waals surface area contributed by atoms with Gasteiger partial charge >= 0.3 is 0 Å². The molecular weight excluding hydrogens is 246 g/mol. The Hall–Kier alpha value is -0.710. The lowest BCUT2D eigenvalue weighted by atomic mass is 10.1. The molecule has 0 aromatic carbocycles. The number of hydrogen-bond donors (Lipinski definition) is 0. The number of hydrogen-bond acceptors (Lipinski definition) is 4. The van der Waals surface area contributed by atoms with E-state index in [-0.39, 0.29) is 5.78 Å². The predicted molar refractivity (Wildman–Crippen MR) is 74.5 cm³/mol. The molecule has 2 heterocycles. The molecule has 0 spiro atoms. The summed E-state index contributed by atoms with van der Waals surface area (Å²) in [5, 5.41) is 0. The first-order valence-electron chi connectivity index (χ1n) is 6.62. The summed E-state index contributed by atoms with van der Waals surface area (Å²) in [7, 11) is 0. The van der Waals surface area contributed by atoms with Gasteiger partial charge < -0.3 is 4.74 Å². The van der Waals surface area contributed by atoms with E-state index >= 15 is 0 Å². The third-order valence-electron chi connectivity index (χ3n) is 3.32. The molecule has 0 atom stereocenters. The van der Waals surface area contributed by atoms with Crippen molar-refractivity contribution in [1.29, 1.82) is 0 Å². The van der Waals surface area contributed by atoms with Crippen LogP contribution in [-0.4, -0.2) is 43.0 Å². The van der Waals surface area contributed by atoms with Crippen molar-refractivity contribution in [2.75, 3.05) is 26.2 Å². The maximum Gasteiger partial charge on any atom is 0.186 e. The number of carbonyl (C=O) groups excluding carboxylic acids is 1. The Kier molecular flexibility index (Phi) is 4.92. The molecule has 3 nitrogen and oxygen atoms in total. The predicted octanol–water partition coefficient (Wildman–Crippen LogP) is 2.74. The lowest BCUT2D eigenvalue weighted by Gasteiger charge is -2.31. The number of carbonyl (C=O) groups is 1. The molecule has 0 amide bonds. The standard InChI is InChI=1S/C14H21NO2S/c1-3-17-12-6-8-15(9-7-12)10-13(16)14-5-4-11(2)18-14/h4-5,12H,3,6-10H2,1-2H3. The number of aryl methyl sites for hydroxylation is 1. The number of rotatable bonds is 5. The second-order valence-corrected chi connectivity index (χ2v) is 6.05. The zero-order valence-corrected chi connectivity index (χ0v) is 12.0. The molecule has 0 saturated carbocycles. The molecule has 0 N–H and O–H groups in total. The van der Waals surface area contributed by atoms with Crippen molar-refractivity contribution in [2.24, 2.45) is 0 Å². The van der Waals surface area contributed by atoms with Gasteiger partial charge in [-0.2, -0.15) is 0 Å². The van der Waals surface area contributed by atoms with Crippen LogP contribution < -0.4 is 0 Å². The van der Waals surface area contributed by atoms with Crippen molar-refractivity contribution >= 4 is 17.1 Å². The summed E-state index contributed by atoms with van der Waals surface area (Å²) in [5.74, 6) is 0.253. The van der Waals surface area contributed by atoms with Crippen LogP contribution in [-0.2, 0) is 4.74 Å². The highest BCUT2D eigenvalue weighted by molar-refractivity contribution is 7.14. The summed E-state index contributed by atoms with van der Waals surface area (Å²) < 4.78 is 5.61. The molecular formula is C14H21NO2S. The quantitative estimate of drug-likeness (QED) is 0.768. The highest BCUT2D eigenvalue weighted by Gasteiger charge is 2.21. The van der Waals surface area contributed by atoms with E-state index in [0.29, 0.717) is 12.6 Å². The molecule has 1 fully saturated rings. The molecule has 0 aliphatic carbocycles. The lowest BCUT2D eigenvalue weighted by molar-refractivity contribution is 0.0148. The first kappa shape index (κ1) is 13.7. The number of piperidine rings is 1. The number of ether oxygens (including phenoxy) is 1. The van der Waals surface area contributed by atoms with Crippen molar-refractivity contribution in [3.8, 4) is 0 Å². The molecule has 2 rings (SSSR count). The Bertz CT molecular complexity index is 394. The van der Waals surface area contributed by atoms with Gasteiger partial charge in [-0.25, -0.2) is 0 Å². The van der Waals surface area contributed by atoms with E-state index in [1.807, 2.05) is 26.0 Å². The Balaban J connectivity index is 1.79. The fourth-order valence-corrected chi connectivity index (χ4v) is 3.13. The Labute approximate surface area is 113 Å². The maximum absolute atomic E-state index is 12.1. The second kappa shape index (κ2) is 6.45. The summed E-state index contributed by atoms with van der Waals surface area (Å²) in [6.07, 6.45) is 2.49. The Morgan fingerprint density at radius 2 is 2.17 bits per heavy atom. The van der Waals surface area contributed by atoms with Crippen molar-refractivity contribution in [1.82, 2.24) is 4.90 Å². The molecule has 1 aliphatic heterocycles. The van der Waals surface area contributed by atoms with Crippen LogP contribution in [0.2, 0.25) is 0 Å². The number of Topliss-reactive ketones (excluding diaryl/α,β-unsaturated/α-hetero) is 1. The van der Waals surface area contributed by atoms with Crippen LogP contribution in [0.4, 0.5) is 0 Å². The number of nitrogens with zero attached hydrogens (tertiary/aromatic N) is 1. The van der Waals surface area contributed by atoms with Crippen LogP contribution in [0.3, 0.4) is 0 Å². The first-order valence-corrected chi connectivity index (χ1v) is 7.44. The number of ketones is 1. The van der Waals surface area contributed by atoms with Gasteiger partial charge in [0.15, 0.2) is 5.78 Å². The average molecular weight is 267 g/mol. The van der Waals surface area contributed by atoms with Crippen molar-refractivity contribution in [3.63, 3.8) is 0 Å². The summed E-state index contributed by atoms with van der Waals surface area (Å²) in [6.45, 7) is 7.36. The zero-order valence-electron chi connectivity index (χ0n) is 11.1. The average Bonchev–Trinajstić information content (AvgIpc) is 2.79. The largest absolute Gasteiger partial charge is 0.378 e. The molecule has 0 unspecified atom stereocenters. The van der Waals surface area contributed by atoms with E-state index in [0.717, 1.165) is 37.4 Å². The summed E-state index contributed by atoms with van der Waals surface area (Å²) in [5.41, 5.74) is 0. The summed E-state index contributed by atoms with van der Waals surface area (Å²) >= 11 is 1.59. The van der Waals surface area contributed by atoms with Gasteiger partial charge in [-0.1, -0.05) is 0 Å². The van der Waals surface area contributed by atoms with Gasteiger partial charge in [0.1, 0.15) is 0 Å². The van der Waals surface area contributed by atoms with Crippen LogP contribution in [0.5, 0.6) is 0 Å². The van der Waals surface area contributed by atoms with Gasteiger partial charge in [0.25, 0.3) is 0 Å². The molecule has 4 heteroatoms. The van der Waals surface area contributed by atoms with Crippen LogP contribution >= 0.6 is 11.3 Å². The van der Waals surface area contributed by atoms with Crippen LogP contribution in [0, 0.1) is 6.92 Å². The number of likely N-dealkylation sites (tertiary alicyclic amines) is 1. The minimum atomic E-state index is 0.253. The zero-order chi connectivity index (χ0) is 13.0. The third-order valence-corrected chi connectivity index (χ3v) is 4.36. The van der Waals surface area contributed by atoms with Gasteiger partial charge in [-0.05, 0) is 38.8 Å². The minimum Gasteiger partial charge on any atom is -0.378 e. The van der Waals surface area contributed by atoms with Gasteiger partial charge in [0.05, 0.1) is 17.5 Å². The SMILES string of the molecule is CCOC1CCN(CC(=O)c2ccc(C)s2)CC1. The summed E-state index contributed by atoms with van der Waals surface area (Å²) in [4.78, 5) is 16.4. The van der Waals surface area contributed by atoms with Crippen LogP contribution in [0.1, 0.15) is 34.3 Å². The molecule has 1 aromatic rings. The third kappa shape index (κ3) is 3.64. The van der Waals surface area contributed by atoms with Gasteiger partial charge in [-0.15, -0.1) is 11.3 Å². The minimum absolute atomic E-state index is 0.253. The fourth-order valence-electron chi connectivity index (χ4n) is 2.34. The smallest absolute Gasteiger partial charge is 0.186 e. The van der Waals surface area contributed by atoms with E-state index in [9.17, 15) is 4.79 Å². The first-order chi connectivity index (χ1) is 8.69. The van der Waals surface area contributed by atoms with E-state index in [4.69, 9.17) is 4.74 Å². The van der Waals surface area contributed by atoms with Crippen molar-refractivity contribution in [2.45, 2.75) is 32.8 Å². The molecule has 18 heavy (non-hydrogen) atoms. The van der Waals surface area contributed by atoms with E-state index in [2.05, 4.69) is 4.90 Å². The van der Waals surface area contributed by atoms with Crippen molar-refractivity contribution < 1.29 is 9.53 Å². The van der Waals surface area contributed by atoms with Crippen LogP contribution in [0.15, 0.2) is 12.1 Å². The van der Waals surface area contributed by atoms with E-state index < -0.39 is 0 Å². The Morgan fingerprint density at radius 3 is 2.72 bits per heavy atom.